The van der Waals surface area contributed by atoms with Crippen LogP contribution in [0, 0.1) is 11.8 Å². The Balaban J connectivity index is 1.75. The van der Waals surface area contributed by atoms with E-state index in [1.807, 2.05) is 24.3 Å². The van der Waals surface area contributed by atoms with E-state index in [1.54, 1.807) is 17.1 Å². The maximum absolute atomic E-state index is 11.7. The van der Waals surface area contributed by atoms with Crippen LogP contribution in [0.25, 0.3) is 0 Å². The number of amides is 1. The number of nitrogens with zero attached hydrogens (tertiary/aromatic N) is 3. The highest BCUT2D eigenvalue weighted by Crippen LogP contribution is 2.03. The van der Waals surface area contributed by atoms with Crippen molar-refractivity contribution >= 4 is 5.91 Å². The zero-order valence-electron chi connectivity index (χ0n) is 11.5. The van der Waals surface area contributed by atoms with E-state index >= 15 is 0 Å². The van der Waals surface area contributed by atoms with Gasteiger partial charge in [-0.25, -0.2) is 0 Å². The van der Waals surface area contributed by atoms with E-state index < -0.39 is 0 Å². The molecule has 2 rings (SSSR count). The highest BCUT2D eigenvalue weighted by molar-refractivity contribution is 5.75. The molecule has 21 heavy (non-hydrogen) atoms. The molecule has 1 heterocycles. The Hall–Kier alpha value is -2.65. The molecule has 108 valence electrons. The summed E-state index contributed by atoms with van der Waals surface area (Å²) >= 11 is 0. The van der Waals surface area contributed by atoms with Crippen molar-refractivity contribution in [3.8, 4) is 11.8 Å². The third kappa shape index (κ3) is 5.09. The van der Waals surface area contributed by atoms with Crippen LogP contribution in [0.5, 0.6) is 0 Å². The SMILES string of the molecule is O=C(CCn1ccnn1)NCc1ccc(C#CCO)cc1. The summed E-state index contributed by atoms with van der Waals surface area (Å²) in [4.78, 5) is 11.7. The number of aliphatic hydroxyl groups excluding tert-OH is 1. The average Bonchev–Trinajstić information content (AvgIpc) is 3.03. The maximum Gasteiger partial charge on any atom is 0.222 e. The standard InChI is InChI=1S/C15H16N4O2/c20-11-1-2-13-3-5-14(6-4-13)12-16-15(21)7-9-19-10-8-17-18-19/h3-6,8,10,20H,7,9,11-12H2,(H,16,21). The van der Waals surface area contributed by atoms with Crippen LogP contribution >= 0.6 is 0 Å². The molecule has 0 radical (unpaired) electrons. The van der Waals surface area contributed by atoms with Crippen LogP contribution in [0.1, 0.15) is 17.5 Å². The minimum Gasteiger partial charge on any atom is -0.384 e. The smallest absolute Gasteiger partial charge is 0.222 e. The molecular weight excluding hydrogens is 268 g/mol. The monoisotopic (exact) mass is 284 g/mol. The summed E-state index contributed by atoms with van der Waals surface area (Å²) in [6.07, 6.45) is 3.67. The van der Waals surface area contributed by atoms with Gasteiger partial charge in [-0.3, -0.25) is 9.48 Å². The second kappa shape index (κ2) is 7.82. The number of carbonyl (C=O) groups excluding carboxylic acids is 1. The predicted octanol–water partition coefficient (Wildman–Crippen LogP) is 0.328. The Kier molecular flexibility index (Phi) is 5.50. The lowest BCUT2D eigenvalue weighted by molar-refractivity contribution is -0.121. The molecule has 1 amide bonds. The number of nitrogens with one attached hydrogen (secondary N) is 1. The number of aryl methyl sites for hydroxylation is 1. The Bertz CT molecular complexity index is 624. The molecule has 0 aliphatic rings. The summed E-state index contributed by atoms with van der Waals surface area (Å²) in [5.74, 6) is 5.37. The Morgan fingerprint density at radius 2 is 2.14 bits per heavy atom. The first kappa shape index (κ1) is 14.8. The average molecular weight is 284 g/mol. The molecule has 6 heteroatoms. The van der Waals surface area contributed by atoms with Crippen LogP contribution in [0.15, 0.2) is 36.7 Å². The highest BCUT2D eigenvalue weighted by Gasteiger charge is 2.02. The number of aromatic nitrogens is 3. The zero-order chi connectivity index (χ0) is 14.9. The van der Waals surface area contributed by atoms with Crippen LogP contribution < -0.4 is 5.32 Å². The first-order valence-corrected chi connectivity index (χ1v) is 6.57. The topological polar surface area (TPSA) is 80.0 Å². The van der Waals surface area contributed by atoms with Crippen LogP contribution in [-0.4, -0.2) is 32.6 Å². The lowest BCUT2D eigenvalue weighted by atomic mass is 10.1. The molecule has 0 saturated carbocycles. The number of benzene rings is 1. The molecule has 6 nitrogen and oxygen atoms in total. The second-order valence-corrected chi connectivity index (χ2v) is 4.35. The number of carbonyl (C=O) groups is 1. The van der Waals surface area contributed by atoms with Crippen molar-refractivity contribution in [1.29, 1.82) is 0 Å². The minimum atomic E-state index is -0.149. The fourth-order valence-corrected chi connectivity index (χ4v) is 1.70. The summed E-state index contributed by atoms with van der Waals surface area (Å²) in [6.45, 7) is 0.842. The maximum atomic E-state index is 11.7. The van der Waals surface area contributed by atoms with Crippen molar-refractivity contribution in [2.75, 3.05) is 6.61 Å². The van der Waals surface area contributed by atoms with Crippen molar-refractivity contribution < 1.29 is 9.90 Å². The first-order chi connectivity index (χ1) is 10.3. The van der Waals surface area contributed by atoms with Gasteiger partial charge in [0.15, 0.2) is 0 Å². The molecule has 0 saturated heterocycles. The summed E-state index contributed by atoms with van der Waals surface area (Å²) in [5.41, 5.74) is 1.84. The van der Waals surface area contributed by atoms with E-state index in [9.17, 15) is 4.79 Å². The quantitative estimate of drug-likeness (QED) is 0.775. The third-order valence-corrected chi connectivity index (χ3v) is 2.80. The van der Waals surface area contributed by atoms with Crippen molar-refractivity contribution in [2.45, 2.75) is 19.5 Å². The van der Waals surface area contributed by atoms with E-state index in [4.69, 9.17) is 5.11 Å². The molecule has 2 N–H and O–H groups in total. The zero-order valence-corrected chi connectivity index (χ0v) is 11.5. The lowest BCUT2D eigenvalue weighted by Crippen LogP contribution is -2.24. The van der Waals surface area contributed by atoms with Crippen LogP contribution in [-0.2, 0) is 17.9 Å². The molecule has 0 unspecified atom stereocenters. The molecule has 2 aromatic rings. The Morgan fingerprint density at radius 3 is 2.81 bits per heavy atom. The highest BCUT2D eigenvalue weighted by atomic mass is 16.2. The van der Waals surface area contributed by atoms with Crippen LogP contribution in [0.3, 0.4) is 0 Å². The van der Waals surface area contributed by atoms with Gasteiger partial charge < -0.3 is 10.4 Å². The van der Waals surface area contributed by atoms with Gasteiger partial charge in [-0.15, -0.1) is 5.10 Å². The predicted molar refractivity (Wildman–Crippen MR) is 76.9 cm³/mol. The van der Waals surface area contributed by atoms with Gasteiger partial charge in [0.25, 0.3) is 0 Å². The van der Waals surface area contributed by atoms with E-state index in [0.717, 1.165) is 11.1 Å². The third-order valence-electron chi connectivity index (χ3n) is 2.80. The molecule has 0 bridgehead atoms. The van der Waals surface area contributed by atoms with Crippen molar-refractivity contribution in [1.82, 2.24) is 20.3 Å². The lowest BCUT2D eigenvalue weighted by Gasteiger charge is -2.05. The van der Waals surface area contributed by atoms with Gasteiger partial charge in [0, 0.05) is 24.7 Å². The van der Waals surface area contributed by atoms with Gasteiger partial charge in [-0.05, 0) is 17.7 Å². The molecule has 1 aromatic carbocycles. The summed E-state index contributed by atoms with van der Waals surface area (Å²) in [6, 6.07) is 7.53. The molecular formula is C15H16N4O2. The van der Waals surface area contributed by atoms with Crippen LogP contribution in [0.2, 0.25) is 0 Å². The van der Waals surface area contributed by atoms with Gasteiger partial charge in [0.05, 0.1) is 12.7 Å². The molecule has 0 fully saturated rings. The fourth-order valence-electron chi connectivity index (χ4n) is 1.70. The number of hydrogen-bond acceptors (Lipinski definition) is 4. The Labute approximate surface area is 122 Å². The van der Waals surface area contributed by atoms with Gasteiger partial charge in [-0.1, -0.05) is 29.2 Å². The van der Waals surface area contributed by atoms with Crippen molar-refractivity contribution in [3.63, 3.8) is 0 Å². The van der Waals surface area contributed by atoms with E-state index in [1.165, 1.54) is 0 Å². The van der Waals surface area contributed by atoms with Crippen LogP contribution in [0.4, 0.5) is 0 Å². The molecule has 0 aliphatic heterocycles. The molecule has 0 atom stereocenters. The summed E-state index contributed by atoms with van der Waals surface area (Å²) in [5, 5.41) is 18.9. The minimum absolute atomic E-state index is 0.0327. The second-order valence-electron chi connectivity index (χ2n) is 4.35. The van der Waals surface area contributed by atoms with Gasteiger partial charge in [-0.2, -0.15) is 0 Å². The number of rotatable bonds is 5. The van der Waals surface area contributed by atoms with E-state index in [0.29, 0.717) is 19.5 Å². The van der Waals surface area contributed by atoms with Gasteiger partial charge >= 0.3 is 0 Å². The van der Waals surface area contributed by atoms with Crippen molar-refractivity contribution in [3.05, 3.63) is 47.8 Å². The number of aliphatic hydroxyl groups is 1. The summed E-state index contributed by atoms with van der Waals surface area (Å²) in [7, 11) is 0. The summed E-state index contributed by atoms with van der Waals surface area (Å²) < 4.78 is 1.62. The fraction of sp³-hybridized carbons (Fsp3) is 0.267. The Morgan fingerprint density at radius 1 is 1.33 bits per heavy atom. The molecule has 0 spiro atoms. The molecule has 1 aromatic heterocycles. The van der Waals surface area contributed by atoms with E-state index in [2.05, 4.69) is 27.5 Å². The largest absolute Gasteiger partial charge is 0.384 e. The number of hydrogen-bond donors (Lipinski definition) is 2. The van der Waals surface area contributed by atoms with Gasteiger partial charge in [0.1, 0.15) is 6.61 Å². The molecule has 0 aliphatic carbocycles. The first-order valence-electron chi connectivity index (χ1n) is 6.57. The normalized spacial score (nSPS) is 9.76. The van der Waals surface area contributed by atoms with Gasteiger partial charge in [0.2, 0.25) is 5.91 Å². The van der Waals surface area contributed by atoms with Crippen molar-refractivity contribution in [2.24, 2.45) is 0 Å². The van der Waals surface area contributed by atoms with E-state index in [-0.39, 0.29) is 12.5 Å².